The van der Waals surface area contributed by atoms with E-state index in [9.17, 15) is 4.79 Å². The number of rotatable bonds is 2. The van der Waals surface area contributed by atoms with Crippen molar-refractivity contribution in [1.82, 2.24) is 0 Å². The van der Waals surface area contributed by atoms with Gasteiger partial charge in [0.25, 0.3) is 0 Å². The largest absolute Gasteiger partial charge is 0.481 e. The number of hydrogen-bond acceptors (Lipinski definition) is 1. The number of nitrogens with zero attached hydrogens (tertiary/aromatic N) is 1. The van der Waals surface area contributed by atoms with Crippen LogP contribution in [0.15, 0.2) is 24.5 Å². The third-order valence-corrected chi connectivity index (χ3v) is 1.27. The summed E-state index contributed by atoms with van der Waals surface area (Å²) in [4.78, 5) is 10.3. The number of carboxylic acids is 1. The van der Waals surface area contributed by atoms with Crippen LogP contribution >= 0.6 is 0 Å². The van der Waals surface area contributed by atoms with Gasteiger partial charge in [-0.05, 0) is 6.07 Å². The molecule has 0 atom stereocenters. The van der Waals surface area contributed by atoms with Crippen molar-refractivity contribution in [2.45, 2.75) is 6.42 Å². The number of aromatic nitrogens is 1. The highest BCUT2D eigenvalue weighted by molar-refractivity contribution is 5.69. The molecule has 1 aromatic heterocycles. The Morgan fingerprint density at radius 2 is 2.45 bits per heavy atom. The minimum absolute atomic E-state index is 0.0519. The van der Waals surface area contributed by atoms with E-state index in [2.05, 4.69) is 7.05 Å². The van der Waals surface area contributed by atoms with Crippen molar-refractivity contribution in [2.24, 2.45) is 0 Å². The Hall–Kier alpha value is -1.38. The predicted molar refractivity (Wildman–Crippen MR) is 38.7 cm³/mol. The molecular weight excluding hydrogens is 142 g/mol. The van der Waals surface area contributed by atoms with Gasteiger partial charge in [0.1, 0.15) is 0 Å². The zero-order chi connectivity index (χ0) is 8.27. The average molecular weight is 151 g/mol. The van der Waals surface area contributed by atoms with Crippen LogP contribution < -0.4 is 4.57 Å². The molecule has 0 amide bonds. The van der Waals surface area contributed by atoms with Crippen molar-refractivity contribution in [2.75, 3.05) is 0 Å². The van der Waals surface area contributed by atoms with E-state index >= 15 is 0 Å². The lowest BCUT2D eigenvalue weighted by molar-refractivity contribution is -0.612. The first-order valence-electron chi connectivity index (χ1n) is 3.21. The molecule has 0 aromatic carbocycles. The lowest BCUT2D eigenvalue weighted by Gasteiger charge is -1.92. The molecule has 1 N–H and O–H groups in total. The van der Waals surface area contributed by atoms with Crippen molar-refractivity contribution >= 4 is 5.97 Å². The van der Waals surface area contributed by atoms with Gasteiger partial charge in [-0.15, -0.1) is 0 Å². The van der Waals surface area contributed by atoms with E-state index in [0.717, 1.165) is 5.56 Å². The van der Waals surface area contributed by atoms with Crippen LogP contribution in [0, 0.1) is 7.05 Å². The Kier molecular flexibility index (Phi) is 2.21. The standard InChI is InChI=1S/C8H9NO2/c1-9-4-2-3-7(6-9)5-8(10)11/h2-4,6H,1,5H2,(H,10,11)/q+1. The molecule has 0 aliphatic rings. The van der Waals surface area contributed by atoms with Gasteiger partial charge in [0.15, 0.2) is 12.4 Å². The van der Waals surface area contributed by atoms with Gasteiger partial charge < -0.3 is 5.11 Å². The fourth-order valence-electron chi connectivity index (χ4n) is 0.855. The summed E-state index contributed by atoms with van der Waals surface area (Å²) in [6.07, 6.45) is 3.50. The Labute approximate surface area is 64.9 Å². The Morgan fingerprint density at radius 3 is 3.00 bits per heavy atom. The molecule has 1 heterocycles. The highest BCUT2D eigenvalue weighted by Crippen LogP contribution is 1.94. The van der Waals surface area contributed by atoms with E-state index in [1.165, 1.54) is 0 Å². The van der Waals surface area contributed by atoms with Crippen molar-refractivity contribution in [3.8, 4) is 0 Å². The monoisotopic (exact) mass is 151 g/mol. The summed E-state index contributed by atoms with van der Waals surface area (Å²) in [6.45, 7) is 0. The van der Waals surface area contributed by atoms with Crippen LogP contribution in [0.4, 0.5) is 0 Å². The smallest absolute Gasteiger partial charge is 0.308 e. The molecule has 0 aliphatic carbocycles. The summed E-state index contributed by atoms with van der Waals surface area (Å²) in [7, 11) is 3.61. The number of hydrogen-bond donors (Lipinski definition) is 1. The Morgan fingerprint density at radius 1 is 1.73 bits per heavy atom. The van der Waals surface area contributed by atoms with Gasteiger partial charge in [-0.3, -0.25) is 4.79 Å². The molecule has 57 valence electrons. The molecule has 0 saturated heterocycles. The summed E-state index contributed by atoms with van der Waals surface area (Å²) in [5.74, 6) is -0.823. The summed E-state index contributed by atoms with van der Waals surface area (Å²) in [5, 5.41) is 8.43. The summed E-state index contributed by atoms with van der Waals surface area (Å²) < 4.78 is 1.58. The summed E-state index contributed by atoms with van der Waals surface area (Å²) in [5.41, 5.74) is 0.759. The molecule has 0 bridgehead atoms. The van der Waals surface area contributed by atoms with Crippen molar-refractivity contribution in [1.29, 1.82) is 0 Å². The van der Waals surface area contributed by atoms with Gasteiger partial charge in [-0.2, -0.15) is 4.57 Å². The first kappa shape index (κ1) is 7.72. The molecule has 0 fully saturated rings. The number of carboxylic acid groups (broad SMARTS) is 1. The van der Waals surface area contributed by atoms with E-state index in [1.807, 2.05) is 0 Å². The zero-order valence-corrected chi connectivity index (χ0v) is 6.03. The maximum absolute atomic E-state index is 10.3. The molecular formula is C8H9NO2+. The van der Waals surface area contributed by atoms with Crippen LogP contribution in [0.5, 0.6) is 0 Å². The average Bonchev–Trinajstić information content (AvgIpc) is 1.85. The van der Waals surface area contributed by atoms with Gasteiger partial charge in [-0.25, -0.2) is 0 Å². The SMILES string of the molecule is [CH2][n+]1cccc(CC(=O)O)c1. The second-order valence-corrected chi connectivity index (χ2v) is 2.30. The van der Waals surface area contributed by atoms with Crippen molar-refractivity contribution in [3.05, 3.63) is 37.1 Å². The van der Waals surface area contributed by atoms with Crippen LogP contribution in [0.1, 0.15) is 5.56 Å². The highest BCUT2D eigenvalue weighted by Gasteiger charge is 2.02. The van der Waals surface area contributed by atoms with Crippen LogP contribution in [0.25, 0.3) is 0 Å². The maximum Gasteiger partial charge on any atom is 0.308 e. The van der Waals surface area contributed by atoms with Crippen molar-refractivity contribution < 1.29 is 14.5 Å². The fourth-order valence-corrected chi connectivity index (χ4v) is 0.855. The zero-order valence-electron chi connectivity index (χ0n) is 6.03. The first-order valence-corrected chi connectivity index (χ1v) is 3.21. The number of aliphatic carboxylic acids is 1. The quantitative estimate of drug-likeness (QED) is 0.615. The predicted octanol–water partition coefficient (Wildman–Crippen LogP) is 0.241. The minimum atomic E-state index is -0.823. The molecule has 1 radical (unpaired) electrons. The lowest BCUT2D eigenvalue weighted by atomic mass is 10.2. The van der Waals surface area contributed by atoms with E-state index in [0.29, 0.717) is 0 Å². The first-order chi connectivity index (χ1) is 5.18. The minimum Gasteiger partial charge on any atom is -0.481 e. The van der Waals surface area contributed by atoms with Gasteiger partial charge >= 0.3 is 5.97 Å². The second-order valence-electron chi connectivity index (χ2n) is 2.30. The number of carbonyl (C=O) groups is 1. The van der Waals surface area contributed by atoms with Gasteiger partial charge in [0.05, 0.1) is 6.42 Å². The molecule has 11 heavy (non-hydrogen) atoms. The van der Waals surface area contributed by atoms with Crippen LogP contribution in [0.2, 0.25) is 0 Å². The van der Waals surface area contributed by atoms with E-state index in [1.54, 1.807) is 29.1 Å². The molecule has 3 nitrogen and oxygen atoms in total. The Bertz CT molecular complexity index is 271. The molecule has 0 unspecified atom stereocenters. The molecule has 0 saturated carbocycles. The number of pyridine rings is 1. The molecule has 0 spiro atoms. The van der Waals surface area contributed by atoms with E-state index < -0.39 is 5.97 Å². The molecule has 1 rings (SSSR count). The van der Waals surface area contributed by atoms with E-state index in [4.69, 9.17) is 5.11 Å². The molecule has 0 aliphatic heterocycles. The highest BCUT2D eigenvalue weighted by atomic mass is 16.4. The normalized spacial score (nSPS) is 9.55. The van der Waals surface area contributed by atoms with Crippen LogP contribution in [-0.4, -0.2) is 11.1 Å². The van der Waals surface area contributed by atoms with Crippen LogP contribution in [-0.2, 0) is 11.2 Å². The van der Waals surface area contributed by atoms with Gasteiger partial charge in [0, 0.05) is 11.6 Å². The Balaban J connectivity index is 2.79. The molecule has 3 heteroatoms. The van der Waals surface area contributed by atoms with Crippen molar-refractivity contribution in [3.63, 3.8) is 0 Å². The summed E-state index contributed by atoms with van der Waals surface area (Å²) in [6, 6.07) is 3.53. The molecule has 1 aromatic rings. The topological polar surface area (TPSA) is 41.2 Å². The summed E-state index contributed by atoms with van der Waals surface area (Å²) >= 11 is 0. The van der Waals surface area contributed by atoms with E-state index in [-0.39, 0.29) is 6.42 Å². The van der Waals surface area contributed by atoms with Gasteiger partial charge in [0.2, 0.25) is 7.05 Å². The van der Waals surface area contributed by atoms with Crippen LogP contribution in [0.3, 0.4) is 0 Å². The third-order valence-electron chi connectivity index (χ3n) is 1.27. The third kappa shape index (κ3) is 2.37. The second kappa shape index (κ2) is 3.14. The maximum atomic E-state index is 10.3. The van der Waals surface area contributed by atoms with Gasteiger partial charge in [-0.1, -0.05) is 0 Å². The lowest BCUT2D eigenvalue weighted by Crippen LogP contribution is -2.24. The fraction of sp³-hybridized carbons (Fsp3) is 0.125.